The van der Waals surface area contributed by atoms with E-state index in [1.165, 1.54) is 7.11 Å². The predicted molar refractivity (Wildman–Crippen MR) is 156 cm³/mol. The first-order chi connectivity index (χ1) is 19.5. The molecule has 3 fully saturated rings. The molecule has 1 heterocycles. The van der Waals surface area contributed by atoms with Crippen LogP contribution in [-0.2, 0) is 19.7 Å². The Morgan fingerprint density at radius 1 is 1.10 bits per heavy atom. The van der Waals surface area contributed by atoms with Crippen molar-refractivity contribution in [3.63, 3.8) is 0 Å². The predicted octanol–water partition coefficient (Wildman–Crippen LogP) is 7.06. The van der Waals surface area contributed by atoms with Gasteiger partial charge in [0.25, 0.3) is 0 Å². The van der Waals surface area contributed by atoms with Crippen LogP contribution in [0.2, 0.25) is 0 Å². The number of aliphatic hydroxyl groups is 1. The van der Waals surface area contributed by atoms with Crippen molar-refractivity contribution in [2.45, 2.75) is 105 Å². The molecule has 8 nitrogen and oxygen atoms in total. The molecule has 3 saturated carbocycles. The summed E-state index contributed by atoms with van der Waals surface area (Å²) in [5, 5.41) is 20.0. The molecule has 0 spiro atoms. The minimum Gasteiger partial charge on any atom is -0.523 e. The molecule has 0 amide bonds. The molecule has 1 aromatic heterocycles. The third kappa shape index (κ3) is 3.40. The van der Waals surface area contributed by atoms with Crippen LogP contribution in [0.3, 0.4) is 0 Å². The highest BCUT2D eigenvalue weighted by Gasteiger charge is 2.72. The van der Waals surface area contributed by atoms with E-state index in [0.29, 0.717) is 23.9 Å². The van der Waals surface area contributed by atoms with E-state index in [9.17, 15) is 14.7 Å². The summed E-state index contributed by atoms with van der Waals surface area (Å²) < 4.78 is 11.4. The van der Waals surface area contributed by atoms with Gasteiger partial charge in [0.05, 0.1) is 24.5 Å². The van der Waals surface area contributed by atoms with E-state index in [4.69, 9.17) is 15.7 Å². The van der Waals surface area contributed by atoms with Crippen molar-refractivity contribution in [2.75, 3.05) is 7.11 Å². The Balaban J connectivity index is 1.53. The second kappa shape index (κ2) is 8.80. The van der Waals surface area contributed by atoms with Crippen LogP contribution in [0, 0.1) is 58.3 Å². The number of hydrogen-bond donors (Lipinski definition) is 1. The molecule has 226 valence electrons. The van der Waals surface area contributed by atoms with Gasteiger partial charge in [-0.05, 0) is 97.9 Å². The summed E-state index contributed by atoms with van der Waals surface area (Å²) in [5.74, 6) is 0.158. The van der Waals surface area contributed by atoms with Gasteiger partial charge < -0.3 is 14.3 Å². The average Bonchev–Trinajstić information content (AvgIpc) is 3.38. The number of ketones is 1. The number of aryl methyl sites for hydroxylation is 1. The molecule has 0 unspecified atom stereocenters. The van der Waals surface area contributed by atoms with Crippen LogP contribution in [-0.4, -0.2) is 34.2 Å². The number of hydrogen-bond acceptors (Lipinski definition) is 7. The van der Waals surface area contributed by atoms with E-state index in [1.54, 1.807) is 6.92 Å². The van der Waals surface area contributed by atoms with E-state index in [-0.39, 0.29) is 51.5 Å². The Hall–Kier alpha value is -2.95. The number of carbonyl (C=O) groups is 2. The Bertz CT molecular complexity index is 1480. The maximum Gasteiger partial charge on any atom is 0.312 e. The average molecular weight is 576 g/mol. The first-order valence-electron chi connectivity index (χ1n) is 15.5. The van der Waals surface area contributed by atoms with Crippen molar-refractivity contribution < 1.29 is 23.8 Å². The highest BCUT2D eigenvalue weighted by Crippen LogP contribution is 2.75. The molecule has 0 aliphatic heterocycles. The lowest BCUT2D eigenvalue weighted by Crippen LogP contribution is -2.66. The summed E-state index contributed by atoms with van der Waals surface area (Å²) in [7, 11) is 1.48. The van der Waals surface area contributed by atoms with Gasteiger partial charge in [-0.15, -0.1) is 10.2 Å². The third-order valence-corrected chi connectivity index (χ3v) is 13.4. The van der Waals surface area contributed by atoms with Crippen LogP contribution < -0.4 is 0 Å². The molecule has 0 bridgehead atoms. The molecule has 0 saturated heterocycles. The molecule has 1 aromatic rings. The number of aliphatic hydroxyl groups excluding tert-OH is 1. The first-order valence-corrected chi connectivity index (χ1v) is 15.5. The molecule has 5 aliphatic carbocycles. The van der Waals surface area contributed by atoms with Crippen molar-refractivity contribution in [1.29, 1.82) is 0 Å². The van der Waals surface area contributed by atoms with Crippen LogP contribution in [0.1, 0.15) is 105 Å². The zero-order valence-corrected chi connectivity index (χ0v) is 26.4. The monoisotopic (exact) mass is 575 g/mol. The van der Waals surface area contributed by atoms with Gasteiger partial charge in [0.1, 0.15) is 5.76 Å². The largest absolute Gasteiger partial charge is 0.523 e. The quantitative estimate of drug-likeness (QED) is 0.297. The zero-order valence-electron chi connectivity index (χ0n) is 26.4. The number of allylic oxidation sites excluding steroid dienone is 4. The van der Waals surface area contributed by atoms with Gasteiger partial charge in [0, 0.05) is 12.8 Å². The zero-order chi connectivity index (χ0) is 30.7. The van der Waals surface area contributed by atoms with Crippen molar-refractivity contribution in [2.24, 2.45) is 44.8 Å². The molecule has 0 radical (unpaired) electrons. The smallest absolute Gasteiger partial charge is 0.312 e. The van der Waals surface area contributed by atoms with Crippen LogP contribution in [0.4, 0.5) is 0 Å². The Morgan fingerprint density at radius 2 is 1.79 bits per heavy atom. The molecule has 1 N–H and O–H groups in total. The van der Waals surface area contributed by atoms with Crippen molar-refractivity contribution in [3.05, 3.63) is 46.3 Å². The Kier molecular flexibility index (Phi) is 6.10. The molecule has 0 aromatic carbocycles. The minimum atomic E-state index is -1.04. The molecular weight excluding hydrogens is 530 g/mol. The fraction of sp³-hybridized carbons (Fsp3) is 0.735. The lowest BCUT2D eigenvalue weighted by atomic mass is 9.34. The number of carbonyl (C=O) groups excluding carboxylic acids is 2. The summed E-state index contributed by atoms with van der Waals surface area (Å²) in [6, 6.07) is 0. The molecule has 42 heavy (non-hydrogen) atoms. The van der Waals surface area contributed by atoms with Crippen LogP contribution >= 0.6 is 0 Å². The second-order valence-corrected chi connectivity index (χ2v) is 15.7. The topological polar surface area (TPSA) is 107 Å². The summed E-state index contributed by atoms with van der Waals surface area (Å²) in [4.78, 5) is 31.9. The number of rotatable bonds is 2. The van der Waals surface area contributed by atoms with Gasteiger partial charge in [-0.25, -0.2) is 4.85 Å². The van der Waals surface area contributed by atoms with Gasteiger partial charge in [-0.2, -0.15) is 0 Å². The van der Waals surface area contributed by atoms with Crippen LogP contribution in [0.5, 0.6) is 0 Å². The summed E-state index contributed by atoms with van der Waals surface area (Å²) >= 11 is 0. The minimum absolute atomic E-state index is 0.00372. The van der Waals surface area contributed by atoms with E-state index >= 15 is 0 Å². The number of methoxy groups -OCH3 is 1. The lowest BCUT2D eigenvalue weighted by molar-refractivity contribution is -0.191. The van der Waals surface area contributed by atoms with Crippen LogP contribution in [0.15, 0.2) is 27.5 Å². The lowest BCUT2D eigenvalue weighted by Gasteiger charge is -2.69. The Morgan fingerprint density at radius 3 is 2.40 bits per heavy atom. The number of fused-ring (bicyclic) bond motifs is 7. The SMILES string of the molecule is [C-]#[N+]C1=C(O)[C@@](C)(c2nnc(C)o2)[C@@H]2CC[C@]3(C)C(=CC(=O)[C@@H]4[C@@H]5CC(C)(C)CC[C@]5(C(=O)OC)CC[C@]43C)[C@@]2(C)C1. The normalized spacial score (nSPS) is 44.1. The maximum absolute atomic E-state index is 14.6. The van der Waals surface area contributed by atoms with Gasteiger partial charge in [0.2, 0.25) is 17.5 Å². The number of ether oxygens (including phenoxy) is 1. The highest BCUT2D eigenvalue weighted by molar-refractivity contribution is 5.96. The highest BCUT2D eigenvalue weighted by atomic mass is 16.5. The van der Waals surface area contributed by atoms with Gasteiger partial charge in [-0.1, -0.05) is 40.2 Å². The third-order valence-electron chi connectivity index (χ3n) is 13.4. The standard InChI is InChI=1S/C34H45N3O5/c1-19-36-37-27(42-19)33(7)23-10-11-31(5)24(30(23,4)18-21(35-8)26(33)39)16-22(38)25-20-17-29(2,3)12-14-34(20,28(40)41-9)15-13-32(25,31)6/h16,20,23,25,39H,10-15,17-18H2,1-7,9H3/t20-,23+,25-,30-,31+,32+,33-,34-/m0/s1. The molecule has 8 heteroatoms. The fourth-order valence-corrected chi connectivity index (χ4v) is 10.9. The van der Waals surface area contributed by atoms with Gasteiger partial charge in [0.15, 0.2) is 5.78 Å². The van der Waals surface area contributed by atoms with E-state index < -0.39 is 16.2 Å². The fourth-order valence-electron chi connectivity index (χ4n) is 10.9. The van der Waals surface area contributed by atoms with Crippen LogP contribution in [0.25, 0.3) is 4.85 Å². The first kappa shape index (κ1) is 29.1. The molecule has 8 atom stereocenters. The molecule has 6 rings (SSSR count). The molecular formula is C34H45N3O5. The van der Waals surface area contributed by atoms with E-state index in [0.717, 1.165) is 50.5 Å². The maximum atomic E-state index is 14.6. The van der Waals surface area contributed by atoms with Gasteiger partial charge in [-0.3, -0.25) is 9.59 Å². The number of esters is 1. The summed E-state index contributed by atoms with van der Waals surface area (Å²) in [6.07, 6.45) is 7.85. The van der Waals surface area contributed by atoms with Crippen molar-refractivity contribution >= 4 is 11.8 Å². The number of aromatic nitrogens is 2. The Labute approximate surface area is 249 Å². The van der Waals surface area contributed by atoms with E-state index in [1.807, 2.05) is 13.0 Å². The molecule has 5 aliphatic rings. The van der Waals surface area contributed by atoms with Crippen molar-refractivity contribution in [1.82, 2.24) is 10.2 Å². The van der Waals surface area contributed by atoms with Gasteiger partial charge >= 0.3 is 5.97 Å². The summed E-state index contributed by atoms with van der Waals surface area (Å²) in [6.45, 7) is 22.9. The second-order valence-electron chi connectivity index (χ2n) is 15.7. The van der Waals surface area contributed by atoms with E-state index in [2.05, 4.69) is 49.7 Å². The number of nitrogens with zero attached hydrogens (tertiary/aromatic N) is 3. The summed E-state index contributed by atoms with van der Waals surface area (Å²) in [5.41, 5.74) is -1.54. The van der Waals surface area contributed by atoms with Crippen molar-refractivity contribution in [3.8, 4) is 0 Å².